The maximum Gasteiger partial charge on any atom is 0.331 e. The maximum absolute atomic E-state index is 12.9. The van der Waals surface area contributed by atoms with E-state index in [0.29, 0.717) is 17.7 Å². The van der Waals surface area contributed by atoms with Crippen molar-refractivity contribution in [3.63, 3.8) is 0 Å². The summed E-state index contributed by atoms with van der Waals surface area (Å²) >= 11 is 1.57. The zero-order valence-corrected chi connectivity index (χ0v) is 18.8. The van der Waals surface area contributed by atoms with Crippen molar-refractivity contribution in [3.05, 3.63) is 54.1 Å². The largest absolute Gasteiger partial charge is 0.491 e. The van der Waals surface area contributed by atoms with Crippen LogP contribution < -0.4 is 4.74 Å². The molecule has 0 saturated heterocycles. The Bertz CT molecular complexity index is 863. The van der Waals surface area contributed by atoms with Gasteiger partial charge in [-0.25, -0.2) is 4.79 Å². The minimum absolute atomic E-state index is 0.0202. The fourth-order valence-electron chi connectivity index (χ4n) is 2.78. The molecule has 0 aliphatic heterocycles. The Morgan fingerprint density at radius 2 is 1.61 bits per heavy atom. The van der Waals surface area contributed by atoms with Gasteiger partial charge < -0.3 is 14.7 Å². The molecule has 2 aromatic rings. The Kier molecular flexibility index (Phi) is 10.8. The number of oxime groups is 1. The molecule has 6 nitrogen and oxygen atoms in total. The topological polar surface area (TPSA) is 85.2 Å². The summed E-state index contributed by atoms with van der Waals surface area (Å²) in [7, 11) is 0. The highest BCUT2D eigenvalue weighted by atomic mass is 32.2. The molecular weight excluding hydrogens is 414 g/mol. The Morgan fingerprint density at radius 3 is 2.19 bits per heavy atom. The van der Waals surface area contributed by atoms with E-state index >= 15 is 0 Å². The van der Waals surface area contributed by atoms with Crippen LogP contribution in [0, 0.1) is 0 Å². The number of ether oxygens (including phenoxy) is 1. The monoisotopic (exact) mass is 443 g/mol. The Morgan fingerprint density at radius 1 is 0.968 bits per heavy atom. The molecule has 0 atom stereocenters. The van der Waals surface area contributed by atoms with Crippen molar-refractivity contribution < 1.29 is 24.3 Å². The van der Waals surface area contributed by atoms with Crippen LogP contribution in [0.2, 0.25) is 0 Å². The minimum atomic E-state index is -0.543. The van der Waals surface area contributed by atoms with Gasteiger partial charge in [0.2, 0.25) is 5.78 Å². The summed E-state index contributed by atoms with van der Waals surface area (Å²) in [5.74, 6) is -0.0593. The lowest BCUT2D eigenvalue weighted by Crippen LogP contribution is -2.16. The van der Waals surface area contributed by atoms with Gasteiger partial charge in [0.15, 0.2) is 0 Å². The summed E-state index contributed by atoms with van der Waals surface area (Å²) in [5.41, 5.74) is 0.781. The van der Waals surface area contributed by atoms with Crippen LogP contribution in [0.15, 0.2) is 63.5 Å². The van der Waals surface area contributed by atoms with Crippen molar-refractivity contribution in [2.75, 3.05) is 13.2 Å². The van der Waals surface area contributed by atoms with Gasteiger partial charge in [0.1, 0.15) is 18.1 Å². The summed E-state index contributed by atoms with van der Waals surface area (Å²) < 4.78 is 5.36. The summed E-state index contributed by atoms with van der Waals surface area (Å²) in [6, 6.07) is 14.9. The predicted octanol–water partition coefficient (Wildman–Crippen LogP) is 5.28. The van der Waals surface area contributed by atoms with E-state index in [1.54, 1.807) is 23.9 Å². The Balaban J connectivity index is 2.02. The first-order valence-electron chi connectivity index (χ1n) is 10.4. The zero-order chi connectivity index (χ0) is 22.5. The quantitative estimate of drug-likeness (QED) is 0.149. The Labute approximate surface area is 187 Å². The van der Waals surface area contributed by atoms with Gasteiger partial charge in [-0.1, -0.05) is 43.1 Å². The molecule has 0 amide bonds. The van der Waals surface area contributed by atoms with E-state index in [1.165, 1.54) is 6.92 Å². The van der Waals surface area contributed by atoms with Crippen LogP contribution in [0.25, 0.3) is 0 Å². The lowest BCUT2D eigenvalue weighted by Gasteiger charge is -2.08. The van der Waals surface area contributed by atoms with Crippen molar-refractivity contribution >= 4 is 29.2 Å². The van der Waals surface area contributed by atoms with Gasteiger partial charge in [-0.2, -0.15) is 0 Å². The molecule has 166 valence electrons. The number of carbonyl (C=O) groups is 2. The highest BCUT2D eigenvalue weighted by Gasteiger charge is 2.15. The number of aliphatic hydroxyl groups is 1. The summed E-state index contributed by atoms with van der Waals surface area (Å²) in [6.45, 7) is 3.63. The predicted molar refractivity (Wildman–Crippen MR) is 122 cm³/mol. The molecule has 0 aliphatic carbocycles. The molecule has 2 rings (SSSR count). The maximum atomic E-state index is 12.9. The molecule has 0 saturated carbocycles. The van der Waals surface area contributed by atoms with Crippen LogP contribution in [0.3, 0.4) is 0 Å². The molecule has 2 aromatic carbocycles. The molecule has 0 heterocycles. The van der Waals surface area contributed by atoms with Crippen molar-refractivity contribution in [1.29, 1.82) is 0 Å². The number of nitrogens with zero attached hydrogens (tertiary/aromatic N) is 1. The number of Topliss-reactive ketones (excluding diaryl/α,β-unsaturated/α-hetero) is 1. The summed E-state index contributed by atoms with van der Waals surface area (Å²) in [5, 5.41) is 12.6. The molecule has 0 aromatic heterocycles. The van der Waals surface area contributed by atoms with Crippen LogP contribution in [0.1, 0.15) is 56.3 Å². The van der Waals surface area contributed by atoms with Gasteiger partial charge in [0.05, 0.1) is 6.61 Å². The second-order valence-electron chi connectivity index (χ2n) is 6.93. The van der Waals surface area contributed by atoms with Gasteiger partial charge >= 0.3 is 5.97 Å². The molecule has 0 spiro atoms. The average molecular weight is 444 g/mol. The van der Waals surface area contributed by atoms with E-state index in [4.69, 9.17) is 14.7 Å². The molecule has 1 N–H and O–H groups in total. The number of benzene rings is 2. The second-order valence-corrected chi connectivity index (χ2v) is 8.08. The van der Waals surface area contributed by atoms with E-state index in [-0.39, 0.29) is 24.7 Å². The average Bonchev–Trinajstić information content (AvgIpc) is 2.78. The summed E-state index contributed by atoms with van der Waals surface area (Å²) in [4.78, 5) is 30.7. The van der Waals surface area contributed by atoms with Gasteiger partial charge in [-0.15, -0.1) is 0 Å². The normalized spacial score (nSPS) is 11.3. The molecule has 0 radical (unpaired) electrons. The van der Waals surface area contributed by atoms with Crippen LogP contribution in [0.5, 0.6) is 5.75 Å². The fraction of sp³-hybridized carbons (Fsp3) is 0.375. The van der Waals surface area contributed by atoms with E-state index in [2.05, 4.69) is 12.1 Å². The smallest absolute Gasteiger partial charge is 0.331 e. The van der Waals surface area contributed by atoms with E-state index in [9.17, 15) is 9.59 Å². The number of unbranched alkanes of at least 4 members (excludes halogenated alkanes) is 3. The number of hydrogen-bond donors (Lipinski definition) is 1. The molecule has 0 fully saturated rings. The number of ketones is 1. The first-order valence-corrected chi connectivity index (χ1v) is 11.3. The van der Waals surface area contributed by atoms with Gasteiger partial charge in [0.25, 0.3) is 0 Å². The molecule has 0 bridgehead atoms. The zero-order valence-electron chi connectivity index (χ0n) is 18.0. The number of rotatable bonds is 13. The second kappa shape index (κ2) is 13.6. The van der Waals surface area contributed by atoms with Crippen molar-refractivity contribution in [2.45, 2.75) is 55.7 Å². The third-order valence-electron chi connectivity index (χ3n) is 4.35. The third kappa shape index (κ3) is 8.94. The van der Waals surface area contributed by atoms with Gasteiger partial charge in [-0.3, -0.25) is 4.79 Å². The standard InChI is InChI=1S/C24H29NO5S/c1-3-4-5-6-7-23(25-30-18(2)27)24(28)19-8-12-21(13-9-19)31-22-14-10-20(11-15-22)29-17-16-26/h8-15,26H,3-7,16-17H2,1-2H3/b25-23+. The van der Waals surface area contributed by atoms with Crippen molar-refractivity contribution in [2.24, 2.45) is 5.16 Å². The fourth-order valence-corrected chi connectivity index (χ4v) is 3.60. The minimum Gasteiger partial charge on any atom is -0.491 e. The lowest BCUT2D eigenvalue weighted by atomic mass is 10.0. The number of hydrogen-bond acceptors (Lipinski definition) is 7. The first kappa shape index (κ1) is 24.6. The Hall–Kier alpha value is -2.64. The number of aliphatic hydroxyl groups excluding tert-OH is 1. The van der Waals surface area contributed by atoms with Crippen molar-refractivity contribution in [1.82, 2.24) is 0 Å². The van der Waals surface area contributed by atoms with Crippen molar-refractivity contribution in [3.8, 4) is 5.75 Å². The van der Waals surface area contributed by atoms with E-state index in [1.807, 2.05) is 36.4 Å². The lowest BCUT2D eigenvalue weighted by molar-refractivity contribution is -0.140. The molecule has 0 unspecified atom stereocenters. The highest BCUT2D eigenvalue weighted by Crippen LogP contribution is 2.29. The summed E-state index contributed by atoms with van der Waals surface area (Å²) in [6.07, 6.45) is 4.50. The van der Waals surface area contributed by atoms with Crippen LogP contribution in [-0.2, 0) is 9.63 Å². The molecule has 7 heteroatoms. The first-order chi connectivity index (χ1) is 15.0. The molecule has 0 aliphatic rings. The molecule has 31 heavy (non-hydrogen) atoms. The SMILES string of the molecule is CCCCCC/C(=N\OC(C)=O)C(=O)c1ccc(Sc2ccc(OCCO)cc2)cc1. The van der Waals surface area contributed by atoms with Gasteiger partial charge in [-0.05, 0) is 61.4 Å². The van der Waals surface area contributed by atoms with E-state index in [0.717, 1.165) is 35.5 Å². The van der Waals surface area contributed by atoms with Crippen LogP contribution in [0.4, 0.5) is 0 Å². The van der Waals surface area contributed by atoms with E-state index < -0.39 is 5.97 Å². The third-order valence-corrected chi connectivity index (χ3v) is 5.37. The molecular formula is C24H29NO5S. The van der Waals surface area contributed by atoms with Crippen LogP contribution >= 0.6 is 11.8 Å². The van der Waals surface area contributed by atoms with Gasteiger partial charge in [0, 0.05) is 22.3 Å². The number of carbonyl (C=O) groups excluding carboxylic acids is 2. The van der Waals surface area contributed by atoms with Crippen LogP contribution in [-0.4, -0.2) is 35.8 Å². The highest BCUT2D eigenvalue weighted by molar-refractivity contribution is 7.99.